The fourth-order valence-electron chi connectivity index (χ4n) is 2.21. The highest BCUT2D eigenvalue weighted by Crippen LogP contribution is 2.22. The molecule has 2 N–H and O–H groups in total. The second kappa shape index (κ2) is 6.56. The van der Waals surface area contributed by atoms with Crippen LogP contribution in [0.4, 0.5) is 5.69 Å². The Hall–Kier alpha value is -1.83. The van der Waals surface area contributed by atoms with Crippen LogP contribution in [0.1, 0.15) is 30.9 Å². The Morgan fingerprint density at radius 1 is 1.50 bits per heavy atom. The number of hydrogen-bond acceptors (Lipinski definition) is 3. The number of amides is 1. The summed E-state index contributed by atoms with van der Waals surface area (Å²) in [5.74, 6) is 5.30. The Kier molecular flexibility index (Phi) is 4.78. The van der Waals surface area contributed by atoms with Crippen molar-refractivity contribution in [3.8, 4) is 11.8 Å². The molecule has 0 aliphatic carbocycles. The Labute approximate surface area is 119 Å². The van der Waals surface area contributed by atoms with E-state index in [-0.39, 0.29) is 24.7 Å². The smallest absolute Gasteiger partial charge is 0.253 e. The molecule has 1 saturated heterocycles. The molecule has 1 aliphatic heterocycles. The van der Waals surface area contributed by atoms with Crippen LogP contribution in [0.5, 0.6) is 0 Å². The van der Waals surface area contributed by atoms with Crippen LogP contribution in [0.2, 0.25) is 0 Å². The van der Waals surface area contributed by atoms with E-state index in [1.54, 1.807) is 0 Å². The zero-order chi connectivity index (χ0) is 14.5. The largest absolute Gasteiger partial charge is 0.384 e. The van der Waals surface area contributed by atoms with Gasteiger partial charge in [0.15, 0.2) is 0 Å². The first kappa shape index (κ1) is 14.6. The molecule has 1 heterocycles. The number of hydrogen-bond donors (Lipinski definition) is 2. The van der Waals surface area contributed by atoms with E-state index in [9.17, 15) is 4.79 Å². The maximum absolute atomic E-state index is 12.2. The van der Waals surface area contributed by atoms with Crippen LogP contribution >= 0.6 is 0 Å². The molecule has 0 radical (unpaired) electrons. The van der Waals surface area contributed by atoms with Crippen LogP contribution in [0.15, 0.2) is 18.2 Å². The van der Waals surface area contributed by atoms with Gasteiger partial charge >= 0.3 is 0 Å². The van der Waals surface area contributed by atoms with E-state index in [1.807, 2.05) is 32.0 Å². The van der Waals surface area contributed by atoms with Crippen molar-refractivity contribution in [2.45, 2.75) is 38.9 Å². The molecule has 0 aromatic heterocycles. The van der Waals surface area contributed by atoms with Crippen LogP contribution < -0.4 is 5.32 Å². The van der Waals surface area contributed by atoms with Crippen molar-refractivity contribution in [1.82, 2.24) is 0 Å². The number of aliphatic hydroxyl groups excluding tert-OH is 1. The predicted molar refractivity (Wildman–Crippen MR) is 77.3 cm³/mol. The van der Waals surface area contributed by atoms with Crippen molar-refractivity contribution in [3.63, 3.8) is 0 Å². The van der Waals surface area contributed by atoms with Crippen LogP contribution in [-0.2, 0) is 9.53 Å². The molecule has 1 aliphatic rings. The number of rotatable bonds is 2. The van der Waals surface area contributed by atoms with Crippen LogP contribution in [0.3, 0.4) is 0 Å². The first-order valence-electron chi connectivity index (χ1n) is 6.77. The van der Waals surface area contributed by atoms with E-state index in [0.29, 0.717) is 11.3 Å². The second-order valence-electron chi connectivity index (χ2n) is 5.01. The molecule has 0 bridgehead atoms. The number of aliphatic hydroxyl groups is 1. The maximum Gasteiger partial charge on any atom is 0.253 e. The first-order valence-corrected chi connectivity index (χ1v) is 6.77. The topological polar surface area (TPSA) is 58.6 Å². The number of ether oxygens (including phenoxy) is 1. The second-order valence-corrected chi connectivity index (χ2v) is 5.01. The van der Waals surface area contributed by atoms with Crippen molar-refractivity contribution >= 4 is 11.6 Å². The third-order valence-corrected chi connectivity index (χ3v) is 3.26. The molecule has 4 heteroatoms. The molecule has 1 fully saturated rings. The number of carbonyl (C=O) groups is 1. The van der Waals surface area contributed by atoms with Gasteiger partial charge in [-0.25, -0.2) is 0 Å². The van der Waals surface area contributed by atoms with E-state index in [2.05, 4.69) is 17.2 Å². The van der Waals surface area contributed by atoms with Crippen molar-refractivity contribution in [3.05, 3.63) is 29.3 Å². The highest BCUT2D eigenvalue weighted by molar-refractivity contribution is 5.95. The third-order valence-electron chi connectivity index (χ3n) is 3.26. The number of carbonyl (C=O) groups excluding carboxylic acids is 1. The summed E-state index contributed by atoms with van der Waals surface area (Å²) in [6.45, 7) is 3.72. The van der Waals surface area contributed by atoms with Gasteiger partial charge in [0.2, 0.25) is 0 Å². The highest BCUT2D eigenvalue weighted by Gasteiger charge is 2.28. The van der Waals surface area contributed by atoms with E-state index in [0.717, 1.165) is 18.4 Å². The minimum absolute atomic E-state index is 0.132. The average Bonchev–Trinajstić information content (AvgIpc) is 2.85. The minimum atomic E-state index is -0.385. The highest BCUT2D eigenvalue weighted by atomic mass is 16.5. The Bertz CT molecular complexity index is 557. The Morgan fingerprint density at radius 3 is 2.95 bits per heavy atom. The molecule has 2 unspecified atom stereocenters. The fraction of sp³-hybridized carbons (Fsp3) is 0.438. The van der Waals surface area contributed by atoms with Gasteiger partial charge in [-0.1, -0.05) is 17.9 Å². The summed E-state index contributed by atoms with van der Waals surface area (Å²) < 4.78 is 5.56. The predicted octanol–water partition coefficient (Wildman–Crippen LogP) is 1.84. The van der Waals surface area contributed by atoms with Gasteiger partial charge in [-0.2, -0.15) is 0 Å². The molecule has 1 aromatic rings. The molecule has 2 atom stereocenters. The van der Waals surface area contributed by atoms with Gasteiger partial charge in [0.1, 0.15) is 12.7 Å². The van der Waals surface area contributed by atoms with Crippen molar-refractivity contribution in [2.75, 3.05) is 11.9 Å². The summed E-state index contributed by atoms with van der Waals surface area (Å²) in [7, 11) is 0. The molecule has 1 aromatic carbocycles. The first-order chi connectivity index (χ1) is 9.60. The van der Waals surface area contributed by atoms with Gasteiger partial charge in [-0.15, -0.1) is 0 Å². The van der Waals surface area contributed by atoms with Crippen LogP contribution in [-0.4, -0.2) is 29.8 Å². The molecule has 4 nitrogen and oxygen atoms in total. The lowest BCUT2D eigenvalue weighted by molar-refractivity contribution is -0.126. The molecule has 20 heavy (non-hydrogen) atoms. The maximum atomic E-state index is 12.2. The number of aryl methyl sites for hydroxylation is 1. The van der Waals surface area contributed by atoms with Crippen molar-refractivity contribution in [1.29, 1.82) is 0 Å². The Morgan fingerprint density at radius 2 is 2.30 bits per heavy atom. The van der Waals surface area contributed by atoms with E-state index in [4.69, 9.17) is 9.84 Å². The quantitative estimate of drug-likeness (QED) is 0.808. The molecule has 2 rings (SSSR count). The minimum Gasteiger partial charge on any atom is -0.384 e. The summed E-state index contributed by atoms with van der Waals surface area (Å²) in [6, 6.07) is 5.63. The number of benzene rings is 1. The monoisotopic (exact) mass is 273 g/mol. The Balaban J connectivity index is 2.15. The average molecular weight is 273 g/mol. The van der Waals surface area contributed by atoms with Gasteiger partial charge in [0.25, 0.3) is 5.91 Å². The van der Waals surface area contributed by atoms with Gasteiger partial charge in [-0.05, 0) is 44.4 Å². The lowest BCUT2D eigenvalue weighted by Crippen LogP contribution is -2.28. The van der Waals surface area contributed by atoms with E-state index < -0.39 is 0 Å². The van der Waals surface area contributed by atoms with E-state index >= 15 is 0 Å². The molecule has 106 valence electrons. The standard InChI is InChI=1S/C16H19NO3/c1-11-5-7-13(4-3-9-18)14(10-11)17-16(19)15-8-6-12(2)20-15/h5,7,10,12,15,18H,6,8-9H2,1-2H3,(H,17,19). The zero-order valence-electron chi connectivity index (χ0n) is 11.8. The number of nitrogens with one attached hydrogen (secondary N) is 1. The summed E-state index contributed by atoms with van der Waals surface area (Å²) >= 11 is 0. The molecule has 0 spiro atoms. The van der Waals surface area contributed by atoms with Crippen molar-refractivity contribution < 1.29 is 14.6 Å². The van der Waals surface area contributed by atoms with Crippen LogP contribution in [0.25, 0.3) is 0 Å². The lowest BCUT2D eigenvalue weighted by Gasteiger charge is -2.13. The SMILES string of the molecule is Cc1ccc(C#CCO)c(NC(=O)C2CCC(C)O2)c1. The summed E-state index contributed by atoms with van der Waals surface area (Å²) in [5, 5.41) is 11.7. The molecule has 0 saturated carbocycles. The van der Waals surface area contributed by atoms with Gasteiger partial charge in [0.05, 0.1) is 11.8 Å². The molecular formula is C16H19NO3. The molecule has 1 amide bonds. The summed E-state index contributed by atoms with van der Waals surface area (Å²) in [6.07, 6.45) is 1.40. The van der Waals surface area contributed by atoms with Crippen molar-refractivity contribution in [2.24, 2.45) is 0 Å². The lowest BCUT2D eigenvalue weighted by atomic mass is 10.1. The van der Waals surface area contributed by atoms with Crippen LogP contribution in [0, 0.1) is 18.8 Å². The van der Waals surface area contributed by atoms with Gasteiger partial charge < -0.3 is 15.2 Å². The zero-order valence-corrected chi connectivity index (χ0v) is 11.8. The fourth-order valence-corrected chi connectivity index (χ4v) is 2.21. The van der Waals surface area contributed by atoms with Gasteiger partial charge in [-0.3, -0.25) is 4.79 Å². The number of anilines is 1. The normalized spacial score (nSPS) is 21.1. The molecular weight excluding hydrogens is 254 g/mol. The van der Waals surface area contributed by atoms with E-state index in [1.165, 1.54) is 0 Å². The summed E-state index contributed by atoms with van der Waals surface area (Å²) in [4.78, 5) is 12.2. The van der Waals surface area contributed by atoms with Gasteiger partial charge in [0, 0.05) is 5.56 Å². The summed E-state index contributed by atoms with van der Waals surface area (Å²) in [5.41, 5.74) is 2.40. The third kappa shape index (κ3) is 3.60.